The number of carbonyl (C=O) groups excluding carboxylic acids is 2. The number of fused-ring (bicyclic) bond motifs is 1. The van der Waals surface area contributed by atoms with Crippen LogP contribution in [0.4, 0.5) is 5.69 Å². The van der Waals surface area contributed by atoms with Crippen LogP contribution in [-0.2, 0) is 14.8 Å². The largest absolute Gasteiger partial charge is 0.543 e. The lowest BCUT2D eigenvalue weighted by Crippen LogP contribution is -2.25. The van der Waals surface area contributed by atoms with Crippen molar-refractivity contribution in [3.8, 4) is 5.75 Å². The van der Waals surface area contributed by atoms with Crippen molar-refractivity contribution < 1.29 is 32.6 Å². The number of H-pyrrole nitrogens is 1. The van der Waals surface area contributed by atoms with Crippen LogP contribution in [0.3, 0.4) is 0 Å². The van der Waals surface area contributed by atoms with Gasteiger partial charge in [-0.2, -0.15) is 0 Å². The average molecular weight is 403 g/mol. The minimum absolute atomic E-state index is 0.190. The number of aromatic carboxylic acids is 1. The Morgan fingerprint density at radius 1 is 1.11 bits per heavy atom. The van der Waals surface area contributed by atoms with E-state index in [0.717, 1.165) is 7.11 Å². The molecule has 0 saturated heterocycles. The molecule has 10 heteroatoms. The van der Waals surface area contributed by atoms with Crippen molar-refractivity contribution >= 4 is 38.6 Å². The number of ether oxygens (including phenoxy) is 2. The number of hydrogen-bond acceptors (Lipinski definition) is 7. The maximum absolute atomic E-state index is 12.9. The SMILES string of the molecule is COC(=O)c1ccccc1S(=O)(=O)Nc1c(C(=O)[O-])[nH]c2ccc(OC)cc12. The number of carboxylic acid groups (broad SMARTS) is 1. The van der Waals surface area contributed by atoms with Crippen molar-refractivity contribution in [3.63, 3.8) is 0 Å². The number of benzene rings is 2. The molecular weight excluding hydrogens is 388 g/mol. The molecule has 0 unspecified atom stereocenters. The van der Waals surface area contributed by atoms with E-state index in [9.17, 15) is 23.1 Å². The van der Waals surface area contributed by atoms with Crippen molar-refractivity contribution in [2.75, 3.05) is 18.9 Å². The molecule has 3 rings (SSSR count). The quantitative estimate of drug-likeness (QED) is 0.588. The molecule has 0 aliphatic carbocycles. The first-order chi connectivity index (χ1) is 13.3. The fourth-order valence-corrected chi connectivity index (χ4v) is 4.02. The zero-order valence-corrected chi connectivity index (χ0v) is 15.6. The molecule has 1 aromatic heterocycles. The van der Waals surface area contributed by atoms with Gasteiger partial charge in [-0.15, -0.1) is 0 Å². The summed E-state index contributed by atoms with van der Waals surface area (Å²) in [7, 11) is -1.79. The Morgan fingerprint density at radius 3 is 2.46 bits per heavy atom. The van der Waals surface area contributed by atoms with Crippen LogP contribution in [-0.4, -0.2) is 39.6 Å². The van der Waals surface area contributed by atoms with Gasteiger partial charge in [0.05, 0.1) is 37.1 Å². The topological polar surface area (TPSA) is 138 Å². The summed E-state index contributed by atoms with van der Waals surface area (Å²) in [5.74, 6) is -2.05. The molecule has 2 aromatic carbocycles. The third kappa shape index (κ3) is 3.37. The maximum Gasteiger partial charge on any atom is 0.339 e. The number of carbonyl (C=O) groups is 2. The number of rotatable bonds is 6. The molecule has 0 amide bonds. The summed E-state index contributed by atoms with van der Waals surface area (Å²) in [4.78, 5) is 25.7. The summed E-state index contributed by atoms with van der Waals surface area (Å²) < 4.78 is 37.8. The Kier molecular flexibility index (Phi) is 4.97. The first-order valence-corrected chi connectivity index (χ1v) is 9.38. The van der Waals surface area contributed by atoms with E-state index in [1.54, 1.807) is 12.1 Å². The van der Waals surface area contributed by atoms with Gasteiger partial charge in [-0.25, -0.2) is 13.2 Å². The predicted molar refractivity (Wildman–Crippen MR) is 97.8 cm³/mol. The molecule has 0 radical (unpaired) electrons. The summed E-state index contributed by atoms with van der Waals surface area (Å²) in [6.07, 6.45) is 0. The molecule has 1 heterocycles. The van der Waals surface area contributed by atoms with Crippen molar-refractivity contribution in [2.24, 2.45) is 0 Å². The van der Waals surface area contributed by atoms with Crippen LogP contribution in [0, 0.1) is 0 Å². The number of nitrogens with one attached hydrogen (secondary N) is 2. The van der Waals surface area contributed by atoms with E-state index < -0.39 is 27.7 Å². The van der Waals surface area contributed by atoms with E-state index in [0.29, 0.717) is 11.3 Å². The van der Waals surface area contributed by atoms with Crippen molar-refractivity contribution in [1.29, 1.82) is 0 Å². The highest BCUT2D eigenvalue weighted by molar-refractivity contribution is 7.92. The van der Waals surface area contributed by atoms with E-state index in [1.165, 1.54) is 37.4 Å². The summed E-state index contributed by atoms with van der Waals surface area (Å²) in [6, 6.07) is 10.0. The Balaban J connectivity index is 2.18. The number of anilines is 1. The van der Waals surface area contributed by atoms with Crippen LogP contribution in [0.5, 0.6) is 5.75 Å². The van der Waals surface area contributed by atoms with Gasteiger partial charge >= 0.3 is 5.97 Å². The van der Waals surface area contributed by atoms with Crippen LogP contribution in [0.15, 0.2) is 47.4 Å². The Labute approximate surface area is 159 Å². The molecule has 0 aliphatic heterocycles. The summed E-state index contributed by atoms with van der Waals surface area (Å²) in [6.45, 7) is 0. The molecule has 146 valence electrons. The van der Waals surface area contributed by atoms with Gasteiger partial charge in [0.2, 0.25) is 0 Å². The molecule has 0 spiro atoms. The van der Waals surface area contributed by atoms with Gasteiger partial charge in [0, 0.05) is 10.9 Å². The zero-order chi connectivity index (χ0) is 20.5. The van der Waals surface area contributed by atoms with Gasteiger partial charge in [0.25, 0.3) is 10.0 Å². The molecule has 0 fully saturated rings. The van der Waals surface area contributed by atoms with E-state index in [2.05, 4.69) is 14.4 Å². The van der Waals surface area contributed by atoms with Crippen LogP contribution in [0.25, 0.3) is 10.9 Å². The van der Waals surface area contributed by atoms with Gasteiger partial charge < -0.3 is 24.4 Å². The first-order valence-electron chi connectivity index (χ1n) is 7.89. The van der Waals surface area contributed by atoms with E-state index in [1.807, 2.05) is 0 Å². The monoisotopic (exact) mass is 403 g/mol. The summed E-state index contributed by atoms with van der Waals surface area (Å²) in [5.41, 5.74) is -0.514. The highest BCUT2D eigenvalue weighted by atomic mass is 32.2. The molecule has 28 heavy (non-hydrogen) atoms. The van der Waals surface area contributed by atoms with E-state index in [-0.39, 0.29) is 21.5 Å². The highest BCUT2D eigenvalue weighted by Crippen LogP contribution is 2.33. The molecule has 2 N–H and O–H groups in total. The Morgan fingerprint density at radius 2 is 1.82 bits per heavy atom. The number of sulfonamides is 1. The van der Waals surface area contributed by atoms with Crippen LogP contribution in [0.2, 0.25) is 0 Å². The first kappa shape index (κ1) is 19.2. The van der Waals surface area contributed by atoms with Gasteiger partial charge in [0.1, 0.15) is 10.6 Å². The summed E-state index contributed by atoms with van der Waals surface area (Å²) in [5, 5.41) is 11.8. The third-order valence-corrected chi connectivity index (χ3v) is 5.44. The fourth-order valence-electron chi connectivity index (χ4n) is 2.73. The maximum atomic E-state index is 12.9. The number of aromatic nitrogens is 1. The average Bonchev–Trinajstić information content (AvgIpc) is 3.04. The lowest BCUT2D eigenvalue weighted by Gasteiger charge is -2.13. The fraction of sp³-hybridized carbons (Fsp3) is 0.111. The predicted octanol–water partition coefficient (Wildman–Crippen LogP) is 1.13. The molecule has 3 aromatic rings. The van der Waals surface area contributed by atoms with Crippen molar-refractivity contribution in [1.82, 2.24) is 4.98 Å². The van der Waals surface area contributed by atoms with Gasteiger partial charge in [-0.05, 0) is 30.3 Å². The number of hydrogen-bond donors (Lipinski definition) is 2. The van der Waals surface area contributed by atoms with Crippen LogP contribution < -0.4 is 14.6 Å². The molecule has 0 aliphatic rings. The lowest BCUT2D eigenvalue weighted by molar-refractivity contribution is -0.255. The summed E-state index contributed by atoms with van der Waals surface area (Å²) >= 11 is 0. The molecule has 0 atom stereocenters. The van der Waals surface area contributed by atoms with E-state index in [4.69, 9.17) is 4.74 Å². The second kappa shape index (κ2) is 7.24. The zero-order valence-electron chi connectivity index (χ0n) is 14.8. The normalized spacial score (nSPS) is 11.2. The molecule has 0 bridgehead atoms. The number of methoxy groups -OCH3 is 2. The van der Waals surface area contributed by atoms with Gasteiger partial charge in [-0.3, -0.25) is 4.72 Å². The number of aromatic amines is 1. The van der Waals surface area contributed by atoms with Gasteiger partial charge in [0.15, 0.2) is 0 Å². The smallest absolute Gasteiger partial charge is 0.339 e. The van der Waals surface area contributed by atoms with E-state index >= 15 is 0 Å². The standard InChI is InChI=1S/C18H16N2O7S/c1-26-10-7-8-13-12(9-10)15(16(19-13)17(21)22)20-28(24,25)14-6-4-3-5-11(14)18(23)27-2/h3-9,19-20H,1-2H3,(H,21,22)/p-1. The minimum Gasteiger partial charge on any atom is -0.543 e. The molecule has 0 saturated carbocycles. The van der Waals surface area contributed by atoms with Crippen molar-refractivity contribution in [3.05, 3.63) is 53.7 Å². The second-order valence-corrected chi connectivity index (χ2v) is 7.32. The van der Waals surface area contributed by atoms with Crippen LogP contribution in [0.1, 0.15) is 20.8 Å². The lowest BCUT2D eigenvalue weighted by atomic mass is 10.2. The number of esters is 1. The third-order valence-electron chi connectivity index (χ3n) is 4.03. The second-order valence-electron chi connectivity index (χ2n) is 5.67. The van der Waals surface area contributed by atoms with Crippen molar-refractivity contribution in [2.45, 2.75) is 4.90 Å². The molecular formula is C18H15N2O7S-. The van der Waals surface area contributed by atoms with Crippen LogP contribution >= 0.6 is 0 Å². The number of carboxylic acids is 1. The Hall–Kier alpha value is -3.53. The Bertz CT molecular complexity index is 1180. The van der Waals surface area contributed by atoms with Gasteiger partial charge in [-0.1, -0.05) is 12.1 Å². The molecule has 9 nitrogen and oxygen atoms in total. The highest BCUT2D eigenvalue weighted by Gasteiger charge is 2.25. The minimum atomic E-state index is -4.34.